The summed E-state index contributed by atoms with van der Waals surface area (Å²) in [6, 6.07) is 11.9. The Labute approximate surface area is 136 Å². The lowest BCUT2D eigenvalue weighted by molar-refractivity contribution is 0.624. The third kappa shape index (κ3) is 2.43. The number of nitrogen functional groups attached to an aromatic ring is 1. The largest absolute Gasteiger partial charge is 0.398 e. The third-order valence-electron chi connectivity index (χ3n) is 3.44. The van der Waals surface area contributed by atoms with Gasteiger partial charge in [-0.15, -0.1) is 0 Å². The first-order valence-electron chi connectivity index (χ1n) is 6.71. The molecule has 21 heavy (non-hydrogen) atoms. The van der Waals surface area contributed by atoms with Crippen LogP contribution < -0.4 is 5.73 Å². The van der Waals surface area contributed by atoms with Crippen LogP contribution in [0.5, 0.6) is 0 Å². The molecule has 0 aliphatic heterocycles. The molecule has 5 heteroatoms. The molecule has 108 valence electrons. The van der Waals surface area contributed by atoms with Gasteiger partial charge in [-0.2, -0.15) is 0 Å². The van der Waals surface area contributed by atoms with Crippen molar-refractivity contribution in [2.24, 2.45) is 0 Å². The van der Waals surface area contributed by atoms with Crippen molar-refractivity contribution in [2.75, 3.05) is 5.73 Å². The maximum absolute atomic E-state index is 6.37. The number of hydrogen-bond acceptors (Lipinski definition) is 2. The third-order valence-corrected chi connectivity index (χ3v) is 4.43. The molecule has 0 unspecified atom stereocenters. The van der Waals surface area contributed by atoms with E-state index in [1.54, 1.807) is 0 Å². The molecule has 2 N–H and O–H groups in total. The van der Waals surface area contributed by atoms with Crippen molar-refractivity contribution in [3.63, 3.8) is 0 Å². The number of anilines is 1. The highest BCUT2D eigenvalue weighted by Crippen LogP contribution is 2.34. The lowest BCUT2D eigenvalue weighted by Gasteiger charge is -2.14. The number of benzene rings is 2. The molecule has 1 heterocycles. The van der Waals surface area contributed by atoms with Gasteiger partial charge in [0.2, 0.25) is 0 Å². The lowest BCUT2D eigenvalue weighted by atomic mass is 10.2. The summed E-state index contributed by atoms with van der Waals surface area (Å²) in [5, 5.41) is 0.717. The second kappa shape index (κ2) is 5.35. The van der Waals surface area contributed by atoms with Crippen LogP contribution in [0.1, 0.15) is 19.9 Å². The van der Waals surface area contributed by atoms with Crippen LogP contribution in [-0.4, -0.2) is 9.55 Å². The fourth-order valence-electron chi connectivity index (χ4n) is 2.48. The minimum atomic E-state index is 0.251. The minimum Gasteiger partial charge on any atom is -0.398 e. The first-order chi connectivity index (χ1) is 9.99. The summed E-state index contributed by atoms with van der Waals surface area (Å²) in [7, 11) is 0. The first kappa shape index (κ1) is 14.4. The number of hydrogen-bond donors (Lipinski definition) is 1. The van der Waals surface area contributed by atoms with Crippen molar-refractivity contribution < 1.29 is 0 Å². The molecular weight excluding hydrogens is 350 g/mol. The van der Waals surface area contributed by atoms with Gasteiger partial charge in [-0.05, 0) is 60.1 Å². The van der Waals surface area contributed by atoms with Gasteiger partial charge >= 0.3 is 0 Å². The summed E-state index contributed by atoms with van der Waals surface area (Å²) in [6.07, 6.45) is 0. The monoisotopic (exact) mass is 363 g/mol. The number of halogens is 2. The van der Waals surface area contributed by atoms with E-state index < -0.39 is 0 Å². The van der Waals surface area contributed by atoms with Crippen molar-refractivity contribution in [2.45, 2.75) is 19.9 Å². The van der Waals surface area contributed by atoms with E-state index in [0.717, 1.165) is 31.9 Å². The normalized spacial score (nSPS) is 11.5. The Kier molecular flexibility index (Phi) is 3.68. The van der Waals surface area contributed by atoms with Gasteiger partial charge in [0.15, 0.2) is 0 Å². The highest BCUT2D eigenvalue weighted by Gasteiger charge is 2.17. The summed E-state index contributed by atoms with van der Waals surface area (Å²) in [6.45, 7) is 4.25. The van der Waals surface area contributed by atoms with E-state index in [0.29, 0.717) is 5.69 Å². The topological polar surface area (TPSA) is 43.8 Å². The van der Waals surface area contributed by atoms with Crippen molar-refractivity contribution in [3.8, 4) is 11.4 Å². The summed E-state index contributed by atoms with van der Waals surface area (Å²) >= 11 is 9.85. The zero-order chi connectivity index (χ0) is 15.1. The van der Waals surface area contributed by atoms with E-state index >= 15 is 0 Å². The number of para-hydroxylation sites is 1. The fraction of sp³-hybridized carbons (Fsp3) is 0.188. The molecule has 0 amide bonds. The van der Waals surface area contributed by atoms with Crippen LogP contribution in [0.25, 0.3) is 22.4 Å². The molecule has 0 radical (unpaired) electrons. The van der Waals surface area contributed by atoms with E-state index in [4.69, 9.17) is 22.3 Å². The second-order valence-electron chi connectivity index (χ2n) is 5.24. The van der Waals surface area contributed by atoms with Gasteiger partial charge in [0.05, 0.1) is 16.1 Å². The predicted octanol–water partition coefficient (Wildman–Crippen LogP) is 5.28. The van der Waals surface area contributed by atoms with Gasteiger partial charge in [-0.1, -0.05) is 17.7 Å². The number of fused-ring (bicyclic) bond motifs is 1. The summed E-state index contributed by atoms with van der Waals surface area (Å²) in [5.74, 6) is 0.897. The average Bonchev–Trinajstić information content (AvgIpc) is 2.83. The van der Waals surface area contributed by atoms with E-state index in [1.165, 1.54) is 0 Å². The molecule has 0 aliphatic carbocycles. The van der Waals surface area contributed by atoms with Crippen molar-refractivity contribution >= 4 is 44.3 Å². The number of aromatic nitrogens is 2. The summed E-state index contributed by atoms with van der Waals surface area (Å²) in [5.41, 5.74) is 9.46. The maximum Gasteiger partial charge on any atom is 0.141 e. The van der Waals surface area contributed by atoms with Crippen LogP contribution in [-0.2, 0) is 0 Å². The highest BCUT2D eigenvalue weighted by atomic mass is 79.9. The summed E-state index contributed by atoms with van der Waals surface area (Å²) in [4.78, 5) is 4.75. The van der Waals surface area contributed by atoms with E-state index in [9.17, 15) is 0 Å². The molecule has 3 rings (SSSR count). The molecule has 0 aliphatic rings. The summed E-state index contributed by atoms with van der Waals surface area (Å²) < 4.78 is 3.03. The van der Waals surface area contributed by atoms with Gasteiger partial charge < -0.3 is 10.3 Å². The quantitative estimate of drug-likeness (QED) is 0.628. The number of nitrogens with zero attached hydrogens (tertiary/aromatic N) is 2. The van der Waals surface area contributed by atoms with Gasteiger partial charge in [-0.3, -0.25) is 0 Å². The zero-order valence-corrected chi connectivity index (χ0v) is 14.1. The molecule has 1 aromatic heterocycles. The maximum atomic E-state index is 6.37. The molecule has 0 fully saturated rings. The van der Waals surface area contributed by atoms with Gasteiger partial charge in [-0.25, -0.2) is 4.98 Å². The van der Waals surface area contributed by atoms with Crippen LogP contribution in [0.3, 0.4) is 0 Å². The minimum absolute atomic E-state index is 0.251. The van der Waals surface area contributed by atoms with Crippen molar-refractivity contribution in [1.82, 2.24) is 9.55 Å². The van der Waals surface area contributed by atoms with Crippen LogP contribution in [0.2, 0.25) is 5.02 Å². The molecule has 3 aromatic rings. The molecule has 0 saturated carbocycles. The molecular formula is C16H15BrClN3. The molecule has 0 atom stereocenters. The number of imidazole rings is 1. The van der Waals surface area contributed by atoms with E-state index in [1.807, 2.05) is 36.4 Å². The van der Waals surface area contributed by atoms with Gasteiger partial charge in [0, 0.05) is 21.8 Å². The predicted molar refractivity (Wildman–Crippen MR) is 92.7 cm³/mol. The van der Waals surface area contributed by atoms with Gasteiger partial charge in [0.25, 0.3) is 0 Å². The second-order valence-corrected chi connectivity index (χ2v) is 6.50. The first-order valence-corrected chi connectivity index (χ1v) is 7.88. The Morgan fingerprint density at radius 2 is 2.00 bits per heavy atom. The molecule has 3 nitrogen and oxygen atoms in total. The van der Waals surface area contributed by atoms with Crippen LogP contribution in [0.4, 0.5) is 5.69 Å². The Bertz CT molecular complexity index is 824. The molecule has 0 saturated heterocycles. The standard InChI is InChI=1S/C16H15BrClN3/c1-9(2)21-15-12(18)4-3-5-14(15)20-16(21)10-6-7-13(19)11(17)8-10/h3-9H,19H2,1-2H3. The van der Waals surface area contributed by atoms with E-state index in [2.05, 4.69) is 34.3 Å². The smallest absolute Gasteiger partial charge is 0.141 e. The average molecular weight is 365 g/mol. The Morgan fingerprint density at radius 3 is 2.67 bits per heavy atom. The molecule has 0 bridgehead atoms. The van der Waals surface area contributed by atoms with E-state index in [-0.39, 0.29) is 6.04 Å². The zero-order valence-electron chi connectivity index (χ0n) is 11.8. The lowest BCUT2D eigenvalue weighted by Crippen LogP contribution is -2.03. The fourth-order valence-corrected chi connectivity index (χ4v) is 3.12. The van der Waals surface area contributed by atoms with Crippen LogP contribution >= 0.6 is 27.5 Å². The Hall–Kier alpha value is -1.52. The van der Waals surface area contributed by atoms with Crippen molar-refractivity contribution in [1.29, 1.82) is 0 Å². The highest BCUT2D eigenvalue weighted by molar-refractivity contribution is 9.10. The number of rotatable bonds is 2. The van der Waals surface area contributed by atoms with Crippen LogP contribution in [0, 0.1) is 0 Å². The molecule has 0 spiro atoms. The van der Waals surface area contributed by atoms with Gasteiger partial charge in [0.1, 0.15) is 5.82 Å². The van der Waals surface area contributed by atoms with Crippen molar-refractivity contribution in [3.05, 3.63) is 45.9 Å². The molecule has 2 aromatic carbocycles. The Balaban J connectivity index is 2.34. The Morgan fingerprint density at radius 1 is 1.24 bits per heavy atom. The van der Waals surface area contributed by atoms with Crippen LogP contribution in [0.15, 0.2) is 40.9 Å². The SMILES string of the molecule is CC(C)n1c(-c2ccc(N)c(Br)c2)nc2cccc(Cl)c21. The number of nitrogens with two attached hydrogens (primary N) is 1.